The maximum atomic E-state index is 13.1. The van der Waals surface area contributed by atoms with Crippen LogP contribution < -0.4 is 5.73 Å². The lowest BCUT2D eigenvalue weighted by Crippen LogP contribution is -2.51. The van der Waals surface area contributed by atoms with E-state index in [9.17, 15) is 4.79 Å². The summed E-state index contributed by atoms with van der Waals surface area (Å²) in [5, 5.41) is 8.36. The molecule has 2 N–H and O–H groups in total. The van der Waals surface area contributed by atoms with Crippen molar-refractivity contribution in [2.45, 2.75) is 32.7 Å². The van der Waals surface area contributed by atoms with Gasteiger partial charge in [-0.2, -0.15) is 15.0 Å². The fourth-order valence-electron chi connectivity index (χ4n) is 3.34. The van der Waals surface area contributed by atoms with Crippen LogP contribution in [0.4, 0.5) is 0 Å². The zero-order valence-corrected chi connectivity index (χ0v) is 13.6. The first-order valence-electron chi connectivity index (χ1n) is 8.10. The predicted octanol–water partition coefficient (Wildman–Crippen LogP) is 1.78. The highest BCUT2D eigenvalue weighted by Gasteiger charge is 2.32. The SMILES string of the molecule is Cc1ccc(C(=O)N2CCCC(C)C2CN)c(-n2nccn2)c1. The summed E-state index contributed by atoms with van der Waals surface area (Å²) in [6.07, 6.45) is 5.36. The summed E-state index contributed by atoms with van der Waals surface area (Å²) in [6.45, 7) is 5.41. The Kier molecular flexibility index (Phi) is 4.43. The van der Waals surface area contributed by atoms with E-state index in [1.165, 1.54) is 4.80 Å². The summed E-state index contributed by atoms with van der Waals surface area (Å²) in [5.41, 5.74) is 8.34. The van der Waals surface area contributed by atoms with E-state index >= 15 is 0 Å². The largest absolute Gasteiger partial charge is 0.334 e. The van der Waals surface area contributed by atoms with Crippen LogP contribution in [0.15, 0.2) is 30.6 Å². The molecule has 1 aromatic carbocycles. The molecule has 1 saturated heterocycles. The van der Waals surface area contributed by atoms with Gasteiger partial charge in [0, 0.05) is 19.1 Å². The van der Waals surface area contributed by atoms with Gasteiger partial charge in [0.05, 0.1) is 23.6 Å². The van der Waals surface area contributed by atoms with Gasteiger partial charge in [-0.05, 0) is 43.4 Å². The molecule has 2 heterocycles. The van der Waals surface area contributed by atoms with Crippen LogP contribution in [0.3, 0.4) is 0 Å². The smallest absolute Gasteiger partial charge is 0.256 e. The minimum atomic E-state index is 0.0132. The zero-order valence-electron chi connectivity index (χ0n) is 13.6. The summed E-state index contributed by atoms with van der Waals surface area (Å²) in [5.74, 6) is 0.439. The molecule has 0 saturated carbocycles. The van der Waals surface area contributed by atoms with Crippen LogP contribution in [-0.2, 0) is 0 Å². The molecule has 6 heteroatoms. The molecule has 2 unspecified atom stereocenters. The van der Waals surface area contributed by atoms with Crippen molar-refractivity contribution in [3.8, 4) is 5.69 Å². The third-order valence-corrected chi connectivity index (χ3v) is 4.64. The van der Waals surface area contributed by atoms with Crippen molar-refractivity contribution < 1.29 is 4.79 Å². The molecule has 2 atom stereocenters. The van der Waals surface area contributed by atoms with Gasteiger partial charge in [-0.15, -0.1) is 0 Å². The Labute approximate surface area is 136 Å². The zero-order chi connectivity index (χ0) is 16.4. The second-order valence-electron chi connectivity index (χ2n) is 6.26. The summed E-state index contributed by atoms with van der Waals surface area (Å²) >= 11 is 0. The Bertz CT molecular complexity index is 682. The average molecular weight is 313 g/mol. The molecule has 0 radical (unpaired) electrons. The van der Waals surface area contributed by atoms with Gasteiger partial charge in [0.15, 0.2) is 0 Å². The fourth-order valence-corrected chi connectivity index (χ4v) is 3.34. The van der Waals surface area contributed by atoms with E-state index in [1.54, 1.807) is 12.4 Å². The number of hydrogen-bond acceptors (Lipinski definition) is 4. The standard InChI is InChI=1S/C17H23N5O/c1-12-5-6-14(15(10-12)22-19-7-8-20-22)17(23)21-9-3-4-13(2)16(21)11-18/h5-8,10,13,16H,3-4,9,11,18H2,1-2H3. The van der Waals surface area contributed by atoms with Gasteiger partial charge in [-0.25, -0.2) is 0 Å². The number of benzene rings is 1. The van der Waals surface area contributed by atoms with E-state index in [4.69, 9.17) is 5.73 Å². The maximum absolute atomic E-state index is 13.1. The van der Waals surface area contributed by atoms with E-state index in [2.05, 4.69) is 17.1 Å². The van der Waals surface area contributed by atoms with Crippen LogP contribution >= 0.6 is 0 Å². The number of aromatic nitrogens is 3. The van der Waals surface area contributed by atoms with Crippen molar-refractivity contribution >= 4 is 5.91 Å². The Morgan fingerprint density at radius 3 is 2.78 bits per heavy atom. The molecule has 1 fully saturated rings. The summed E-state index contributed by atoms with van der Waals surface area (Å²) < 4.78 is 0. The van der Waals surface area contributed by atoms with Crippen molar-refractivity contribution in [1.82, 2.24) is 19.9 Å². The number of amides is 1. The molecule has 6 nitrogen and oxygen atoms in total. The molecule has 0 aliphatic carbocycles. The number of piperidine rings is 1. The molecule has 1 aliphatic rings. The third kappa shape index (κ3) is 2.99. The van der Waals surface area contributed by atoms with Crippen molar-refractivity contribution in [2.75, 3.05) is 13.1 Å². The lowest BCUT2D eigenvalue weighted by molar-refractivity contribution is 0.0532. The third-order valence-electron chi connectivity index (χ3n) is 4.64. The van der Waals surface area contributed by atoms with E-state index < -0.39 is 0 Å². The summed E-state index contributed by atoms with van der Waals surface area (Å²) in [6, 6.07) is 5.85. The first-order chi connectivity index (χ1) is 11.1. The van der Waals surface area contributed by atoms with Crippen molar-refractivity contribution in [1.29, 1.82) is 0 Å². The minimum Gasteiger partial charge on any atom is -0.334 e. The van der Waals surface area contributed by atoms with Crippen LogP contribution in [-0.4, -0.2) is 44.9 Å². The highest BCUT2D eigenvalue weighted by Crippen LogP contribution is 2.26. The van der Waals surface area contributed by atoms with E-state index in [-0.39, 0.29) is 11.9 Å². The van der Waals surface area contributed by atoms with Crippen LogP contribution in [0.2, 0.25) is 0 Å². The van der Waals surface area contributed by atoms with Gasteiger partial charge in [-0.3, -0.25) is 4.79 Å². The molecule has 1 aliphatic heterocycles. The number of aryl methyl sites for hydroxylation is 1. The van der Waals surface area contributed by atoms with Gasteiger partial charge in [0.1, 0.15) is 0 Å². The molecule has 0 spiro atoms. The second kappa shape index (κ2) is 6.50. The Morgan fingerprint density at radius 1 is 1.35 bits per heavy atom. The lowest BCUT2D eigenvalue weighted by atomic mass is 9.90. The molecular weight excluding hydrogens is 290 g/mol. The normalized spacial score (nSPS) is 21.4. The number of carbonyl (C=O) groups is 1. The van der Waals surface area contributed by atoms with Crippen LogP contribution in [0, 0.1) is 12.8 Å². The van der Waals surface area contributed by atoms with Crippen LogP contribution in [0.1, 0.15) is 35.7 Å². The molecule has 3 rings (SSSR count). The minimum absolute atomic E-state index is 0.0132. The quantitative estimate of drug-likeness (QED) is 0.937. The van der Waals surface area contributed by atoms with Gasteiger partial charge >= 0.3 is 0 Å². The number of carbonyl (C=O) groups excluding carboxylic acids is 1. The predicted molar refractivity (Wildman–Crippen MR) is 88.4 cm³/mol. The first kappa shape index (κ1) is 15.7. The molecule has 1 aromatic heterocycles. The van der Waals surface area contributed by atoms with E-state index in [1.807, 2.05) is 30.0 Å². The molecule has 1 amide bonds. The van der Waals surface area contributed by atoms with Crippen molar-refractivity contribution in [3.63, 3.8) is 0 Å². The number of hydrogen-bond donors (Lipinski definition) is 1. The Morgan fingerprint density at radius 2 is 2.09 bits per heavy atom. The molecule has 23 heavy (non-hydrogen) atoms. The van der Waals surface area contributed by atoms with E-state index in [0.717, 1.165) is 24.9 Å². The fraction of sp³-hybridized carbons (Fsp3) is 0.471. The number of likely N-dealkylation sites (tertiary alicyclic amines) is 1. The number of rotatable bonds is 3. The van der Waals surface area contributed by atoms with Gasteiger partial charge in [0.2, 0.25) is 0 Å². The highest BCUT2D eigenvalue weighted by atomic mass is 16.2. The van der Waals surface area contributed by atoms with Gasteiger partial charge in [0.25, 0.3) is 5.91 Å². The molecule has 0 bridgehead atoms. The highest BCUT2D eigenvalue weighted by molar-refractivity contribution is 5.98. The topological polar surface area (TPSA) is 77.0 Å². The van der Waals surface area contributed by atoms with Gasteiger partial charge in [-0.1, -0.05) is 13.0 Å². The van der Waals surface area contributed by atoms with Crippen molar-refractivity contribution in [2.24, 2.45) is 11.7 Å². The Hall–Kier alpha value is -2.21. The van der Waals surface area contributed by atoms with Crippen LogP contribution in [0.25, 0.3) is 5.69 Å². The lowest BCUT2D eigenvalue weighted by Gasteiger charge is -2.39. The summed E-state index contributed by atoms with van der Waals surface area (Å²) in [4.78, 5) is 16.6. The molecular formula is C17H23N5O. The van der Waals surface area contributed by atoms with Gasteiger partial charge < -0.3 is 10.6 Å². The van der Waals surface area contributed by atoms with Crippen molar-refractivity contribution in [3.05, 3.63) is 41.7 Å². The monoisotopic (exact) mass is 313 g/mol. The number of nitrogens with zero attached hydrogens (tertiary/aromatic N) is 4. The van der Waals surface area contributed by atoms with Crippen LogP contribution in [0.5, 0.6) is 0 Å². The number of nitrogens with two attached hydrogens (primary N) is 1. The summed E-state index contributed by atoms with van der Waals surface area (Å²) in [7, 11) is 0. The molecule has 122 valence electrons. The van der Waals surface area contributed by atoms with E-state index in [0.29, 0.717) is 23.7 Å². The first-order valence-corrected chi connectivity index (χ1v) is 8.10. The second-order valence-corrected chi connectivity index (χ2v) is 6.26. The molecule has 2 aromatic rings. The maximum Gasteiger partial charge on any atom is 0.256 e. The average Bonchev–Trinajstić information content (AvgIpc) is 3.08. The Balaban J connectivity index is 1.99.